The number of H-pyrrole nitrogens is 1. The van der Waals surface area contributed by atoms with E-state index in [0.717, 1.165) is 0 Å². The van der Waals surface area contributed by atoms with Crippen LogP contribution in [0.4, 0.5) is 10.1 Å². The van der Waals surface area contributed by atoms with Crippen LogP contribution in [0, 0.1) is 5.82 Å². The zero-order valence-corrected chi connectivity index (χ0v) is 9.16. The second-order valence-corrected chi connectivity index (χ2v) is 3.46. The third-order valence-electron chi connectivity index (χ3n) is 2.47. The highest BCUT2D eigenvalue weighted by Crippen LogP contribution is 2.28. The van der Waals surface area contributed by atoms with Crippen molar-refractivity contribution < 1.29 is 13.9 Å². The number of aromatic amines is 1. The lowest BCUT2D eigenvalue weighted by molar-refractivity contribution is 0.0595. The first-order chi connectivity index (χ1) is 8.15. The molecule has 0 aliphatic rings. The number of nitrogen functional groups attached to an aromatic ring is 1. The Hall–Kier alpha value is -2.30. The van der Waals surface area contributed by atoms with E-state index >= 15 is 0 Å². The number of benzene rings is 1. The highest BCUT2D eigenvalue weighted by molar-refractivity contribution is 5.92. The van der Waals surface area contributed by atoms with E-state index in [1.54, 1.807) is 24.4 Å². The molecule has 3 N–H and O–H groups in total. The van der Waals surface area contributed by atoms with Gasteiger partial charge in [0, 0.05) is 17.5 Å². The summed E-state index contributed by atoms with van der Waals surface area (Å²) in [5.41, 5.74) is 6.63. The lowest BCUT2D eigenvalue weighted by Crippen LogP contribution is -2.07. The molecule has 5 heteroatoms. The van der Waals surface area contributed by atoms with Gasteiger partial charge in [-0.25, -0.2) is 9.18 Å². The monoisotopic (exact) mass is 234 g/mol. The number of hydrogen-bond acceptors (Lipinski definition) is 3. The molecule has 0 amide bonds. The van der Waals surface area contributed by atoms with Gasteiger partial charge in [0.05, 0.1) is 18.4 Å². The second-order valence-electron chi connectivity index (χ2n) is 3.46. The molecule has 1 heterocycles. The van der Waals surface area contributed by atoms with Crippen LogP contribution in [0.3, 0.4) is 0 Å². The third-order valence-corrected chi connectivity index (χ3v) is 2.47. The van der Waals surface area contributed by atoms with Gasteiger partial charge >= 0.3 is 5.97 Å². The number of aromatic nitrogens is 1. The average molecular weight is 234 g/mol. The summed E-state index contributed by atoms with van der Waals surface area (Å²) in [6.07, 6.45) is 1.71. The predicted molar refractivity (Wildman–Crippen MR) is 61.9 cm³/mol. The Morgan fingerprint density at radius 1 is 1.41 bits per heavy atom. The number of methoxy groups -OCH3 is 1. The average Bonchev–Trinajstić information content (AvgIpc) is 2.85. The number of esters is 1. The van der Waals surface area contributed by atoms with Crippen molar-refractivity contribution in [2.75, 3.05) is 12.8 Å². The molecule has 0 fully saturated rings. The topological polar surface area (TPSA) is 68.1 Å². The molecule has 0 unspecified atom stereocenters. The van der Waals surface area contributed by atoms with E-state index in [2.05, 4.69) is 9.72 Å². The number of nitrogens with two attached hydrogens (primary N) is 1. The SMILES string of the molecule is COC(=O)c1ccc(-c2ccc[nH]2)c(N)c1F. The molecule has 2 aromatic rings. The van der Waals surface area contributed by atoms with Gasteiger partial charge in [0.15, 0.2) is 5.82 Å². The zero-order chi connectivity index (χ0) is 12.4. The minimum atomic E-state index is -0.760. The van der Waals surface area contributed by atoms with Crippen molar-refractivity contribution in [1.29, 1.82) is 0 Å². The van der Waals surface area contributed by atoms with E-state index in [-0.39, 0.29) is 11.3 Å². The summed E-state index contributed by atoms with van der Waals surface area (Å²) in [5, 5.41) is 0. The number of rotatable bonds is 2. The third kappa shape index (κ3) is 1.87. The van der Waals surface area contributed by atoms with Gasteiger partial charge in [0.2, 0.25) is 0 Å². The van der Waals surface area contributed by atoms with Gasteiger partial charge in [-0.1, -0.05) is 0 Å². The van der Waals surface area contributed by atoms with Crippen LogP contribution in [0.2, 0.25) is 0 Å². The largest absolute Gasteiger partial charge is 0.465 e. The first-order valence-electron chi connectivity index (χ1n) is 4.95. The van der Waals surface area contributed by atoms with Crippen molar-refractivity contribution in [1.82, 2.24) is 4.98 Å². The van der Waals surface area contributed by atoms with Gasteiger partial charge < -0.3 is 15.5 Å². The number of ether oxygens (including phenoxy) is 1. The van der Waals surface area contributed by atoms with Gasteiger partial charge in [-0.2, -0.15) is 0 Å². The maximum Gasteiger partial charge on any atom is 0.340 e. The summed E-state index contributed by atoms with van der Waals surface area (Å²) in [5.74, 6) is -1.50. The lowest BCUT2D eigenvalue weighted by Gasteiger charge is -2.08. The van der Waals surface area contributed by atoms with Crippen molar-refractivity contribution in [2.24, 2.45) is 0 Å². The molecule has 0 spiro atoms. The van der Waals surface area contributed by atoms with Crippen molar-refractivity contribution >= 4 is 11.7 Å². The van der Waals surface area contributed by atoms with Crippen molar-refractivity contribution in [3.63, 3.8) is 0 Å². The van der Waals surface area contributed by atoms with E-state index < -0.39 is 11.8 Å². The number of carbonyl (C=O) groups is 1. The molecule has 0 saturated heterocycles. The van der Waals surface area contributed by atoms with Gasteiger partial charge in [0.1, 0.15) is 0 Å². The Morgan fingerprint density at radius 3 is 2.76 bits per heavy atom. The molecule has 88 valence electrons. The van der Waals surface area contributed by atoms with Crippen molar-refractivity contribution in [3.8, 4) is 11.3 Å². The molecule has 0 atom stereocenters. The smallest absolute Gasteiger partial charge is 0.340 e. The van der Waals surface area contributed by atoms with Gasteiger partial charge in [0.25, 0.3) is 0 Å². The molecule has 17 heavy (non-hydrogen) atoms. The fourth-order valence-corrected chi connectivity index (χ4v) is 1.59. The van der Waals surface area contributed by atoms with Crippen LogP contribution in [0.25, 0.3) is 11.3 Å². The minimum absolute atomic E-state index is 0.0737. The minimum Gasteiger partial charge on any atom is -0.465 e. The van der Waals surface area contributed by atoms with Gasteiger partial charge in [-0.15, -0.1) is 0 Å². The first kappa shape index (κ1) is 11.2. The number of anilines is 1. The maximum absolute atomic E-state index is 13.9. The number of hydrogen-bond donors (Lipinski definition) is 2. The Bertz CT molecular complexity index is 550. The number of nitrogens with one attached hydrogen (secondary N) is 1. The van der Waals surface area contributed by atoms with Crippen LogP contribution in [0.1, 0.15) is 10.4 Å². The fraction of sp³-hybridized carbons (Fsp3) is 0.0833. The summed E-state index contributed by atoms with van der Waals surface area (Å²) in [6.45, 7) is 0. The van der Waals surface area contributed by atoms with Crippen molar-refractivity contribution in [2.45, 2.75) is 0 Å². The summed E-state index contributed by atoms with van der Waals surface area (Å²) < 4.78 is 18.3. The van der Waals surface area contributed by atoms with Crippen molar-refractivity contribution in [3.05, 3.63) is 41.8 Å². The molecule has 0 radical (unpaired) electrons. The zero-order valence-electron chi connectivity index (χ0n) is 9.16. The molecule has 1 aromatic heterocycles. The molecule has 2 rings (SSSR count). The molecule has 0 aliphatic heterocycles. The van der Waals surface area contributed by atoms with Gasteiger partial charge in [-0.3, -0.25) is 0 Å². The molecule has 0 saturated carbocycles. The van der Waals surface area contributed by atoms with Crippen LogP contribution in [-0.4, -0.2) is 18.1 Å². The van der Waals surface area contributed by atoms with Crippen LogP contribution in [0.15, 0.2) is 30.5 Å². The summed E-state index contributed by atoms with van der Waals surface area (Å²) in [4.78, 5) is 14.2. The Labute approximate surface area is 97.2 Å². The molecule has 0 bridgehead atoms. The standard InChI is InChI=1S/C12H11FN2O2/c1-17-12(16)8-5-4-7(11(14)10(8)13)9-3-2-6-15-9/h2-6,15H,14H2,1H3. The van der Waals surface area contributed by atoms with Crippen LogP contribution in [0.5, 0.6) is 0 Å². The molecular weight excluding hydrogens is 223 g/mol. The maximum atomic E-state index is 13.9. The predicted octanol–water partition coefficient (Wildman–Crippen LogP) is 2.19. The molecule has 0 aliphatic carbocycles. The lowest BCUT2D eigenvalue weighted by atomic mass is 10.1. The molecule has 1 aromatic carbocycles. The molecular formula is C12H11FN2O2. The van der Waals surface area contributed by atoms with E-state index in [9.17, 15) is 9.18 Å². The summed E-state index contributed by atoms with van der Waals surface area (Å²) in [6, 6.07) is 6.48. The Morgan fingerprint density at radius 2 is 2.18 bits per heavy atom. The quantitative estimate of drug-likeness (QED) is 0.618. The normalized spacial score (nSPS) is 10.2. The molecule has 4 nitrogen and oxygen atoms in total. The van der Waals surface area contributed by atoms with E-state index in [4.69, 9.17) is 5.73 Å². The van der Waals surface area contributed by atoms with E-state index in [1.807, 2.05) is 0 Å². The number of halogens is 1. The van der Waals surface area contributed by atoms with Gasteiger partial charge in [-0.05, 0) is 24.3 Å². The summed E-state index contributed by atoms with van der Waals surface area (Å²) >= 11 is 0. The highest BCUT2D eigenvalue weighted by Gasteiger charge is 2.17. The van der Waals surface area contributed by atoms with Crippen LogP contribution >= 0.6 is 0 Å². The van der Waals surface area contributed by atoms with Crippen LogP contribution in [-0.2, 0) is 4.74 Å². The summed E-state index contributed by atoms with van der Waals surface area (Å²) in [7, 11) is 1.19. The Balaban J connectivity index is 2.54. The fourth-order valence-electron chi connectivity index (χ4n) is 1.59. The number of carbonyl (C=O) groups excluding carboxylic acids is 1. The second kappa shape index (κ2) is 4.29. The van der Waals surface area contributed by atoms with Crippen LogP contribution < -0.4 is 5.73 Å². The van der Waals surface area contributed by atoms with E-state index in [1.165, 1.54) is 13.2 Å². The van der Waals surface area contributed by atoms with E-state index in [0.29, 0.717) is 11.3 Å². The highest BCUT2D eigenvalue weighted by atomic mass is 19.1. The first-order valence-corrected chi connectivity index (χ1v) is 4.95. The Kier molecular flexibility index (Phi) is 2.82.